The Labute approximate surface area is 174 Å². The molecule has 2 heterocycles. The number of rotatable bonds is 8. The van der Waals surface area contributed by atoms with Gasteiger partial charge in [-0.3, -0.25) is 0 Å². The number of halogens is 1. The van der Waals surface area contributed by atoms with Crippen LogP contribution < -0.4 is 11.1 Å². The quantitative estimate of drug-likeness (QED) is 0.521. The molecule has 148 valence electrons. The van der Waals surface area contributed by atoms with Gasteiger partial charge in [-0.2, -0.15) is 0 Å². The van der Waals surface area contributed by atoms with Crippen LogP contribution in [-0.2, 0) is 6.54 Å². The second-order valence-electron chi connectivity index (χ2n) is 6.76. The van der Waals surface area contributed by atoms with Crippen molar-refractivity contribution >= 4 is 46.4 Å². The Morgan fingerprint density at radius 3 is 2.86 bits per heavy atom. The van der Waals surface area contributed by atoms with E-state index in [0.717, 1.165) is 40.8 Å². The number of nitrogens with zero attached hydrogens (tertiary/aromatic N) is 4. The molecule has 28 heavy (non-hydrogen) atoms. The predicted octanol–water partition coefficient (Wildman–Crippen LogP) is 4.63. The number of allylic oxidation sites excluding steroid dienone is 1. The first-order valence-corrected chi connectivity index (χ1v) is 10.5. The molecule has 8 heteroatoms. The third-order valence-corrected chi connectivity index (χ3v) is 5.28. The number of nitrogens with two attached hydrogens (primary N) is 1. The van der Waals surface area contributed by atoms with Gasteiger partial charge in [-0.1, -0.05) is 49.4 Å². The van der Waals surface area contributed by atoms with Gasteiger partial charge in [0.1, 0.15) is 6.33 Å². The zero-order chi connectivity index (χ0) is 20.1. The van der Waals surface area contributed by atoms with E-state index in [1.165, 1.54) is 6.33 Å². The molecular weight excluding hydrogens is 392 g/mol. The molecule has 0 spiro atoms. The highest BCUT2D eigenvalue weighted by atomic mass is 35.5. The van der Waals surface area contributed by atoms with E-state index >= 15 is 0 Å². The van der Waals surface area contributed by atoms with E-state index in [1.54, 1.807) is 11.8 Å². The number of aromatic nitrogens is 4. The standard InChI is InChI=1S/C20H25ClN6S/c1-4-6-14-9-15(21)11-16(10-14)28-20-26-17-18(22)24-12-25-19(17)27(20)8-5-7-23-13(2)3/h4,6,9-13,23H,5,7-8H2,1-3H3,(H2,22,24,25)/b6-4-. The van der Waals surface area contributed by atoms with Gasteiger partial charge in [0.05, 0.1) is 0 Å². The van der Waals surface area contributed by atoms with Crippen molar-refractivity contribution in [2.45, 2.75) is 49.8 Å². The lowest BCUT2D eigenvalue weighted by atomic mass is 10.2. The van der Waals surface area contributed by atoms with Gasteiger partial charge in [-0.25, -0.2) is 15.0 Å². The Morgan fingerprint density at radius 1 is 1.29 bits per heavy atom. The number of imidazole rings is 1. The average Bonchev–Trinajstić information content (AvgIpc) is 2.97. The first kappa shape index (κ1) is 20.6. The number of aryl methyl sites for hydroxylation is 1. The Bertz CT molecular complexity index is 982. The Hall–Kier alpha value is -2.09. The van der Waals surface area contributed by atoms with Crippen LogP contribution in [0.2, 0.25) is 5.02 Å². The molecule has 2 aromatic heterocycles. The zero-order valence-corrected chi connectivity index (χ0v) is 17.9. The van der Waals surface area contributed by atoms with Crippen molar-refractivity contribution in [3.8, 4) is 0 Å². The second kappa shape index (κ2) is 9.41. The lowest BCUT2D eigenvalue weighted by Crippen LogP contribution is -2.24. The molecule has 3 aromatic rings. The lowest BCUT2D eigenvalue weighted by Gasteiger charge is -2.11. The van der Waals surface area contributed by atoms with Crippen LogP contribution in [0, 0.1) is 0 Å². The van der Waals surface area contributed by atoms with E-state index in [1.807, 2.05) is 31.2 Å². The number of hydrogen-bond donors (Lipinski definition) is 2. The van der Waals surface area contributed by atoms with Crippen LogP contribution in [0.5, 0.6) is 0 Å². The molecule has 0 unspecified atom stereocenters. The van der Waals surface area contributed by atoms with Gasteiger partial charge >= 0.3 is 0 Å². The number of fused-ring (bicyclic) bond motifs is 1. The average molecular weight is 417 g/mol. The topological polar surface area (TPSA) is 81.7 Å². The first-order chi connectivity index (χ1) is 13.5. The van der Waals surface area contributed by atoms with Crippen molar-refractivity contribution in [1.82, 2.24) is 24.8 Å². The monoisotopic (exact) mass is 416 g/mol. The summed E-state index contributed by atoms with van der Waals surface area (Å²) < 4.78 is 2.11. The van der Waals surface area contributed by atoms with Gasteiger partial charge in [-0.15, -0.1) is 0 Å². The van der Waals surface area contributed by atoms with Crippen LogP contribution >= 0.6 is 23.4 Å². The maximum Gasteiger partial charge on any atom is 0.175 e. The van der Waals surface area contributed by atoms with Crippen LogP contribution in [0.25, 0.3) is 17.2 Å². The zero-order valence-electron chi connectivity index (χ0n) is 16.3. The smallest absolute Gasteiger partial charge is 0.175 e. The molecule has 3 rings (SSSR count). The largest absolute Gasteiger partial charge is 0.382 e. The SMILES string of the molecule is C/C=C\c1cc(Cl)cc(Sc2nc3c(N)ncnc3n2CCCNC(C)C)c1. The highest BCUT2D eigenvalue weighted by Gasteiger charge is 2.16. The van der Waals surface area contributed by atoms with Crippen molar-refractivity contribution < 1.29 is 0 Å². The summed E-state index contributed by atoms with van der Waals surface area (Å²) in [6, 6.07) is 6.44. The maximum absolute atomic E-state index is 6.30. The fourth-order valence-corrected chi connectivity index (χ4v) is 4.20. The van der Waals surface area contributed by atoms with E-state index in [2.05, 4.69) is 39.8 Å². The van der Waals surface area contributed by atoms with Gasteiger partial charge in [0, 0.05) is 22.5 Å². The molecule has 0 aliphatic heterocycles. The summed E-state index contributed by atoms with van der Waals surface area (Å²) in [5, 5.41) is 4.97. The summed E-state index contributed by atoms with van der Waals surface area (Å²) in [5.74, 6) is 0.395. The minimum atomic E-state index is 0.395. The summed E-state index contributed by atoms with van der Waals surface area (Å²) in [6.45, 7) is 7.98. The fourth-order valence-electron chi connectivity index (χ4n) is 2.88. The molecule has 6 nitrogen and oxygen atoms in total. The van der Waals surface area contributed by atoms with Crippen molar-refractivity contribution in [3.63, 3.8) is 0 Å². The van der Waals surface area contributed by atoms with Crippen molar-refractivity contribution in [1.29, 1.82) is 0 Å². The number of nitrogen functional groups attached to an aromatic ring is 1. The number of anilines is 1. The molecule has 0 aliphatic carbocycles. The van der Waals surface area contributed by atoms with Crippen molar-refractivity contribution in [3.05, 3.63) is 41.2 Å². The van der Waals surface area contributed by atoms with Crippen molar-refractivity contribution in [2.24, 2.45) is 0 Å². The van der Waals surface area contributed by atoms with Gasteiger partial charge in [-0.05, 0) is 43.7 Å². The van der Waals surface area contributed by atoms with Gasteiger partial charge < -0.3 is 15.6 Å². The van der Waals surface area contributed by atoms with Gasteiger partial charge in [0.25, 0.3) is 0 Å². The Morgan fingerprint density at radius 2 is 2.11 bits per heavy atom. The molecule has 0 saturated heterocycles. The summed E-state index contributed by atoms with van der Waals surface area (Å²) >= 11 is 7.86. The summed E-state index contributed by atoms with van der Waals surface area (Å²) in [7, 11) is 0. The van der Waals surface area contributed by atoms with Crippen LogP contribution in [-0.4, -0.2) is 32.1 Å². The number of nitrogens with one attached hydrogen (secondary N) is 1. The van der Waals surface area contributed by atoms with Crippen LogP contribution in [0.4, 0.5) is 5.82 Å². The maximum atomic E-state index is 6.30. The molecule has 0 fully saturated rings. The van der Waals surface area contributed by atoms with E-state index in [-0.39, 0.29) is 0 Å². The summed E-state index contributed by atoms with van der Waals surface area (Å²) in [5.41, 5.74) is 8.49. The normalized spacial score (nSPS) is 11.9. The first-order valence-electron chi connectivity index (χ1n) is 9.29. The molecular formula is C20H25ClN6S. The van der Waals surface area contributed by atoms with Crippen molar-refractivity contribution in [2.75, 3.05) is 12.3 Å². The molecule has 3 N–H and O–H groups in total. The highest BCUT2D eigenvalue weighted by Crippen LogP contribution is 2.33. The fraction of sp³-hybridized carbons (Fsp3) is 0.350. The second-order valence-corrected chi connectivity index (χ2v) is 8.24. The Balaban J connectivity index is 1.93. The van der Waals surface area contributed by atoms with Crippen LogP contribution in [0.3, 0.4) is 0 Å². The van der Waals surface area contributed by atoms with Crippen LogP contribution in [0.1, 0.15) is 32.8 Å². The van der Waals surface area contributed by atoms with Crippen LogP contribution in [0.15, 0.2) is 40.7 Å². The number of hydrogen-bond acceptors (Lipinski definition) is 6. The van der Waals surface area contributed by atoms with E-state index in [4.69, 9.17) is 22.3 Å². The van der Waals surface area contributed by atoms with E-state index in [0.29, 0.717) is 22.4 Å². The third kappa shape index (κ3) is 5.04. The summed E-state index contributed by atoms with van der Waals surface area (Å²) in [6.07, 6.45) is 6.47. The molecule has 1 aromatic carbocycles. The molecule has 0 saturated carbocycles. The summed E-state index contributed by atoms with van der Waals surface area (Å²) in [4.78, 5) is 14.2. The van der Waals surface area contributed by atoms with E-state index < -0.39 is 0 Å². The molecule has 0 aliphatic rings. The Kier molecular flexibility index (Phi) is 6.93. The molecule has 0 radical (unpaired) electrons. The molecule has 0 atom stereocenters. The molecule has 0 bridgehead atoms. The van der Waals surface area contributed by atoms with Gasteiger partial charge in [0.15, 0.2) is 22.1 Å². The van der Waals surface area contributed by atoms with E-state index in [9.17, 15) is 0 Å². The minimum Gasteiger partial charge on any atom is -0.382 e. The van der Waals surface area contributed by atoms with Gasteiger partial charge in [0.2, 0.25) is 0 Å². The lowest BCUT2D eigenvalue weighted by molar-refractivity contribution is 0.525. The third-order valence-electron chi connectivity index (χ3n) is 4.10. The highest BCUT2D eigenvalue weighted by molar-refractivity contribution is 7.99. The number of benzene rings is 1. The molecule has 0 amide bonds. The predicted molar refractivity (Wildman–Crippen MR) is 118 cm³/mol. The minimum absolute atomic E-state index is 0.395.